The van der Waals surface area contributed by atoms with Crippen LogP contribution in [0.3, 0.4) is 0 Å². The van der Waals surface area contributed by atoms with Crippen molar-refractivity contribution < 1.29 is 27.7 Å². The van der Waals surface area contributed by atoms with Crippen LogP contribution in [0, 0.1) is 10.1 Å². The number of halogens is 3. The second-order valence-electron chi connectivity index (χ2n) is 2.68. The Kier molecular flexibility index (Phi) is 2.51. The van der Waals surface area contributed by atoms with E-state index in [4.69, 9.17) is 0 Å². The highest BCUT2D eigenvalue weighted by Gasteiger charge is 2.52. The smallest absolute Gasteiger partial charge is 0.322 e. The van der Waals surface area contributed by atoms with E-state index in [-0.39, 0.29) is 0 Å². The Morgan fingerprint density at radius 1 is 1.20 bits per heavy atom. The number of carbonyl (C=O) groups excluding carboxylic acids is 2. The van der Waals surface area contributed by atoms with Gasteiger partial charge in [-0.3, -0.25) is 19.7 Å². The zero-order chi connectivity index (χ0) is 11.8. The third-order valence-electron chi connectivity index (χ3n) is 1.61. The van der Waals surface area contributed by atoms with Crippen molar-refractivity contribution in [1.29, 1.82) is 0 Å². The summed E-state index contributed by atoms with van der Waals surface area (Å²) in [6, 6.07) is -2.33. The van der Waals surface area contributed by atoms with Crippen LogP contribution in [0.5, 0.6) is 0 Å². The molecule has 10 heteroatoms. The number of nitrogens with one attached hydrogen (secondary N) is 2. The van der Waals surface area contributed by atoms with Gasteiger partial charge in [0.25, 0.3) is 0 Å². The zero-order valence-electron chi connectivity index (χ0n) is 6.87. The summed E-state index contributed by atoms with van der Waals surface area (Å²) in [6.07, 6.45) is -7.46. The third kappa shape index (κ3) is 2.14. The van der Waals surface area contributed by atoms with E-state index in [0.29, 0.717) is 0 Å². The molecule has 1 fully saturated rings. The van der Waals surface area contributed by atoms with E-state index in [1.807, 2.05) is 0 Å². The molecule has 2 N–H and O–H groups in total. The van der Waals surface area contributed by atoms with Gasteiger partial charge in [-0.15, -0.1) is 0 Å². The Morgan fingerprint density at radius 2 is 1.60 bits per heavy atom. The maximum Gasteiger partial charge on any atom is 0.427 e. The summed E-state index contributed by atoms with van der Waals surface area (Å²) in [6.45, 7) is 0. The van der Waals surface area contributed by atoms with Gasteiger partial charge >= 0.3 is 24.0 Å². The van der Waals surface area contributed by atoms with Crippen LogP contribution < -0.4 is 10.6 Å². The molecule has 1 rings (SSSR count). The number of alkyl halides is 3. The average molecular weight is 227 g/mol. The molecule has 0 aromatic carbocycles. The van der Waals surface area contributed by atoms with Crippen LogP contribution in [0.4, 0.5) is 13.2 Å². The molecule has 0 aliphatic carbocycles. The minimum Gasteiger partial charge on any atom is -0.322 e. The summed E-state index contributed by atoms with van der Waals surface area (Å²) in [4.78, 5) is 30.4. The second-order valence-corrected chi connectivity index (χ2v) is 2.68. The van der Waals surface area contributed by atoms with Gasteiger partial charge in [0.2, 0.25) is 0 Å². The van der Waals surface area contributed by atoms with Crippen molar-refractivity contribution in [2.75, 3.05) is 0 Å². The van der Waals surface area contributed by atoms with Gasteiger partial charge in [0.1, 0.15) is 0 Å². The van der Waals surface area contributed by atoms with Crippen LogP contribution in [-0.4, -0.2) is 35.1 Å². The van der Waals surface area contributed by atoms with Gasteiger partial charge in [0.05, 0.1) is 0 Å². The third-order valence-corrected chi connectivity index (χ3v) is 1.61. The van der Waals surface area contributed by atoms with E-state index in [9.17, 15) is 32.9 Å². The molecule has 0 unspecified atom stereocenters. The molecule has 15 heavy (non-hydrogen) atoms. The summed E-state index contributed by atoms with van der Waals surface area (Å²) in [5, 5.41) is 12.7. The lowest BCUT2D eigenvalue weighted by Gasteiger charge is -2.27. The molecule has 84 valence electrons. The molecule has 0 aromatic rings. The first-order chi connectivity index (χ1) is 6.73. The lowest BCUT2D eigenvalue weighted by molar-refractivity contribution is -0.495. The zero-order valence-corrected chi connectivity index (χ0v) is 6.87. The number of rotatable bonds is 1. The average Bonchev–Trinajstić information content (AvgIpc) is 1.99. The van der Waals surface area contributed by atoms with Gasteiger partial charge in [-0.25, -0.2) is 0 Å². The van der Waals surface area contributed by atoms with Crippen molar-refractivity contribution in [3.8, 4) is 0 Å². The van der Waals surface area contributed by atoms with Gasteiger partial charge in [0, 0.05) is 4.92 Å². The fourth-order valence-electron chi connectivity index (χ4n) is 0.953. The van der Waals surface area contributed by atoms with Crippen LogP contribution in [0.15, 0.2) is 0 Å². The number of carbonyl (C=O) groups is 2. The first kappa shape index (κ1) is 11.2. The van der Waals surface area contributed by atoms with E-state index in [1.165, 1.54) is 10.6 Å². The number of amides is 2. The standard InChI is InChI=1S/C5H4F3N3O4/c6-5(7,8)4-9-2(12)1(11(14)15)3(13)10-4/h1,4H,(H,9,12)(H,10,13). The lowest BCUT2D eigenvalue weighted by Crippen LogP contribution is -2.68. The first-order valence-corrected chi connectivity index (χ1v) is 3.54. The highest BCUT2D eigenvalue weighted by Crippen LogP contribution is 2.20. The Labute approximate surface area is 79.8 Å². The highest BCUT2D eigenvalue weighted by atomic mass is 19.4. The van der Waals surface area contributed by atoms with Crippen molar-refractivity contribution in [3.63, 3.8) is 0 Å². The van der Waals surface area contributed by atoms with Crippen molar-refractivity contribution >= 4 is 11.8 Å². The molecule has 7 nitrogen and oxygen atoms in total. The molecular formula is C5H4F3N3O4. The molecule has 2 amide bonds. The van der Waals surface area contributed by atoms with Gasteiger partial charge in [0.15, 0.2) is 6.17 Å². The van der Waals surface area contributed by atoms with E-state index in [1.54, 1.807) is 0 Å². The predicted octanol–water partition coefficient (Wildman–Crippen LogP) is -1.23. The van der Waals surface area contributed by atoms with Crippen LogP contribution in [-0.2, 0) is 9.59 Å². The maximum absolute atomic E-state index is 12.0. The van der Waals surface area contributed by atoms with Crippen molar-refractivity contribution in [2.24, 2.45) is 0 Å². The van der Waals surface area contributed by atoms with Crippen LogP contribution in [0.2, 0.25) is 0 Å². The van der Waals surface area contributed by atoms with Crippen molar-refractivity contribution in [1.82, 2.24) is 10.6 Å². The Balaban J connectivity index is 2.85. The summed E-state index contributed by atoms with van der Waals surface area (Å²) in [5.41, 5.74) is 0. The lowest BCUT2D eigenvalue weighted by atomic mass is 10.2. The van der Waals surface area contributed by atoms with Crippen LogP contribution >= 0.6 is 0 Å². The topological polar surface area (TPSA) is 101 Å². The normalized spacial score (nSPS) is 26.9. The number of hydrogen-bond donors (Lipinski definition) is 2. The van der Waals surface area contributed by atoms with Crippen LogP contribution in [0.25, 0.3) is 0 Å². The summed E-state index contributed by atoms with van der Waals surface area (Å²) in [7, 11) is 0. The number of nitro groups is 1. The fourth-order valence-corrected chi connectivity index (χ4v) is 0.953. The van der Waals surface area contributed by atoms with Gasteiger partial charge in [-0.2, -0.15) is 13.2 Å². The molecule has 0 atom stereocenters. The fraction of sp³-hybridized carbons (Fsp3) is 0.600. The molecule has 1 aliphatic rings. The Bertz CT molecular complexity index is 310. The molecule has 0 spiro atoms. The highest BCUT2D eigenvalue weighted by molar-refractivity contribution is 6.05. The van der Waals surface area contributed by atoms with Gasteiger partial charge in [-0.05, 0) is 0 Å². The summed E-state index contributed by atoms with van der Waals surface area (Å²) < 4.78 is 36.1. The quantitative estimate of drug-likeness (QED) is 0.332. The number of nitrogens with zero attached hydrogens (tertiary/aromatic N) is 1. The van der Waals surface area contributed by atoms with Crippen molar-refractivity contribution in [2.45, 2.75) is 18.4 Å². The SMILES string of the molecule is O=C1NC(C(F)(F)F)NC(=O)C1[N+](=O)[O-]. The molecule has 1 heterocycles. The molecule has 0 aromatic heterocycles. The van der Waals surface area contributed by atoms with E-state index in [2.05, 4.69) is 0 Å². The molecular weight excluding hydrogens is 223 g/mol. The molecule has 1 aliphatic heterocycles. The minimum atomic E-state index is -4.88. The molecule has 1 saturated heterocycles. The molecule has 0 saturated carbocycles. The minimum absolute atomic E-state index is 1.27. The Morgan fingerprint density at radius 3 is 1.87 bits per heavy atom. The first-order valence-electron chi connectivity index (χ1n) is 3.54. The van der Waals surface area contributed by atoms with E-state index >= 15 is 0 Å². The van der Waals surface area contributed by atoms with E-state index < -0.39 is 35.1 Å². The maximum atomic E-state index is 12.0. The predicted molar refractivity (Wildman–Crippen MR) is 36.9 cm³/mol. The van der Waals surface area contributed by atoms with E-state index in [0.717, 1.165) is 0 Å². The van der Waals surface area contributed by atoms with Crippen molar-refractivity contribution in [3.05, 3.63) is 10.1 Å². The van der Waals surface area contributed by atoms with Crippen LogP contribution in [0.1, 0.15) is 0 Å². The second kappa shape index (κ2) is 3.37. The summed E-state index contributed by atoms with van der Waals surface area (Å²) in [5.74, 6) is -3.16. The van der Waals surface area contributed by atoms with Gasteiger partial charge < -0.3 is 10.6 Å². The Hall–Kier alpha value is -1.87. The summed E-state index contributed by atoms with van der Waals surface area (Å²) >= 11 is 0. The van der Waals surface area contributed by atoms with Gasteiger partial charge in [-0.1, -0.05) is 0 Å². The molecule has 0 radical (unpaired) electrons. The number of hydrogen-bond acceptors (Lipinski definition) is 4. The molecule has 0 bridgehead atoms. The largest absolute Gasteiger partial charge is 0.427 e. The monoisotopic (exact) mass is 227 g/mol.